The van der Waals surface area contributed by atoms with Gasteiger partial charge in [0.15, 0.2) is 0 Å². The van der Waals surface area contributed by atoms with Crippen molar-refractivity contribution < 1.29 is 9.53 Å². The number of hydrogen-bond acceptors (Lipinski definition) is 5. The molecule has 1 aliphatic heterocycles. The molecule has 2 aliphatic rings. The number of nitrogens with one attached hydrogen (secondary N) is 2. The van der Waals surface area contributed by atoms with Crippen molar-refractivity contribution in [3.63, 3.8) is 0 Å². The Bertz CT molecular complexity index is 595. The number of rotatable bonds is 10. The van der Waals surface area contributed by atoms with Crippen molar-refractivity contribution in [2.24, 2.45) is 11.8 Å². The second-order valence-corrected chi connectivity index (χ2v) is 9.94. The Morgan fingerprint density at radius 3 is 2.53 bits per heavy atom. The zero-order valence-corrected chi connectivity index (χ0v) is 20.9. The first-order valence-electron chi connectivity index (χ1n) is 12.7. The molecule has 1 aromatic heterocycles. The van der Waals surface area contributed by atoms with Crippen molar-refractivity contribution in [2.45, 2.75) is 77.8 Å². The molecule has 7 nitrogen and oxygen atoms in total. The second kappa shape index (κ2) is 15.4. The lowest BCUT2D eigenvalue weighted by Gasteiger charge is -2.38. The van der Waals surface area contributed by atoms with E-state index >= 15 is 0 Å². The number of carbonyl (C=O) groups excluding carboxylic acids is 1. The van der Waals surface area contributed by atoms with Gasteiger partial charge in [-0.15, -0.1) is 0 Å². The molecule has 0 atom stereocenters. The number of ether oxygens (including phenoxy) is 1. The molecule has 7 heteroatoms. The maximum Gasteiger partial charge on any atom is 0.223 e. The lowest BCUT2D eigenvalue weighted by atomic mass is 9.91. The van der Waals surface area contributed by atoms with Crippen LogP contribution in [0.5, 0.6) is 0 Å². The van der Waals surface area contributed by atoms with E-state index in [4.69, 9.17) is 4.74 Å². The lowest BCUT2D eigenvalue weighted by Crippen LogP contribution is -2.45. The highest BCUT2D eigenvalue weighted by Crippen LogP contribution is 2.26. The predicted octanol–water partition coefficient (Wildman–Crippen LogP) is 3.68. The minimum absolute atomic E-state index is 0.387. The van der Waals surface area contributed by atoms with Crippen molar-refractivity contribution >= 4 is 5.91 Å². The van der Waals surface area contributed by atoms with Gasteiger partial charge in [0.25, 0.3) is 0 Å². The summed E-state index contributed by atoms with van der Waals surface area (Å²) in [5.41, 5.74) is 1.23. The van der Waals surface area contributed by atoms with Gasteiger partial charge in [0.05, 0.1) is 6.20 Å². The summed E-state index contributed by atoms with van der Waals surface area (Å²) >= 11 is 0. The topological polar surface area (TPSA) is 73.5 Å². The molecule has 2 heterocycles. The summed E-state index contributed by atoms with van der Waals surface area (Å²) in [5, 5.41) is 9.80. The molecule has 2 N–H and O–H groups in total. The van der Waals surface area contributed by atoms with Gasteiger partial charge in [-0.25, -0.2) is 0 Å². The Kier molecular flexibility index (Phi) is 12.9. The first kappa shape index (κ1) is 26.8. The number of carbonyl (C=O) groups is 1. The smallest absolute Gasteiger partial charge is 0.223 e. The fourth-order valence-electron chi connectivity index (χ4n) is 4.58. The first-order valence-corrected chi connectivity index (χ1v) is 12.7. The third-order valence-corrected chi connectivity index (χ3v) is 6.47. The molecule has 1 aliphatic carbocycles. The Balaban J connectivity index is 0.000000258. The number of hydrogen-bond donors (Lipinski definition) is 2. The van der Waals surface area contributed by atoms with Gasteiger partial charge in [0.2, 0.25) is 5.91 Å². The van der Waals surface area contributed by atoms with E-state index in [-0.39, 0.29) is 0 Å². The normalized spacial score (nSPS) is 17.9. The Morgan fingerprint density at radius 2 is 1.94 bits per heavy atom. The van der Waals surface area contributed by atoms with Crippen LogP contribution in [0.2, 0.25) is 0 Å². The van der Waals surface area contributed by atoms with Gasteiger partial charge in [0.1, 0.15) is 0 Å². The number of likely N-dealkylation sites (N-methyl/N-ethyl adjacent to an activating group) is 2. The molecule has 1 saturated heterocycles. The molecule has 1 aromatic rings. The van der Waals surface area contributed by atoms with Crippen LogP contribution in [-0.4, -0.2) is 78.9 Å². The fourth-order valence-corrected chi connectivity index (χ4v) is 4.58. The summed E-state index contributed by atoms with van der Waals surface area (Å²) in [4.78, 5) is 17.1. The van der Waals surface area contributed by atoms with E-state index in [1.54, 1.807) is 0 Å². The minimum atomic E-state index is 0.387. The van der Waals surface area contributed by atoms with Gasteiger partial charge in [-0.1, -0.05) is 33.1 Å². The van der Waals surface area contributed by atoms with Crippen LogP contribution in [0.15, 0.2) is 12.4 Å². The number of nitrogens with zero attached hydrogens (tertiary/aromatic N) is 3. The monoisotopic (exact) mass is 449 g/mol. The minimum Gasteiger partial charge on any atom is -0.381 e. The molecular formula is C25H47N5O2. The Labute approximate surface area is 195 Å². The summed E-state index contributed by atoms with van der Waals surface area (Å²) in [6.45, 7) is 10.0. The van der Waals surface area contributed by atoms with Crippen molar-refractivity contribution in [3.05, 3.63) is 18.0 Å². The molecule has 0 unspecified atom stereocenters. The standard InChI is InChI=1S/C17H31NO2.C8H16N4/c1-14(2)12-17(19)18(16-6-4-3-5-7-16)13-15-8-10-20-11-9-15;1-9-3-4-12(2)7-8-5-10-11-6-8/h14-16H,3-13H2,1-2H3;5-6,9H,3-4,7H2,1-2H3,(H,10,11). The average molecular weight is 450 g/mol. The van der Waals surface area contributed by atoms with Crippen LogP contribution in [0.3, 0.4) is 0 Å². The molecule has 0 radical (unpaired) electrons. The Hall–Kier alpha value is -1.44. The van der Waals surface area contributed by atoms with E-state index in [2.05, 4.69) is 46.2 Å². The van der Waals surface area contributed by atoms with Crippen LogP contribution in [0, 0.1) is 11.8 Å². The summed E-state index contributed by atoms with van der Waals surface area (Å²) in [7, 11) is 4.07. The van der Waals surface area contributed by atoms with Crippen LogP contribution >= 0.6 is 0 Å². The van der Waals surface area contributed by atoms with Gasteiger partial charge in [-0.3, -0.25) is 9.89 Å². The molecule has 0 bridgehead atoms. The van der Waals surface area contributed by atoms with Gasteiger partial charge in [0, 0.05) is 63.6 Å². The Morgan fingerprint density at radius 1 is 1.22 bits per heavy atom. The van der Waals surface area contributed by atoms with Gasteiger partial charge >= 0.3 is 0 Å². The van der Waals surface area contributed by atoms with E-state index in [1.807, 2.05) is 19.4 Å². The second-order valence-electron chi connectivity index (χ2n) is 9.94. The third kappa shape index (κ3) is 10.5. The maximum atomic E-state index is 12.6. The fraction of sp³-hybridized carbons (Fsp3) is 0.840. The van der Waals surface area contributed by atoms with E-state index in [1.165, 1.54) is 37.7 Å². The highest BCUT2D eigenvalue weighted by atomic mass is 16.5. The van der Waals surface area contributed by atoms with Crippen molar-refractivity contribution in [1.82, 2.24) is 25.3 Å². The summed E-state index contributed by atoms with van der Waals surface area (Å²) < 4.78 is 5.45. The van der Waals surface area contributed by atoms with Gasteiger partial charge in [-0.05, 0) is 51.6 Å². The van der Waals surface area contributed by atoms with E-state index in [0.29, 0.717) is 30.2 Å². The number of aromatic nitrogens is 2. The quantitative estimate of drug-likeness (QED) is 0.570. The summed E-state index contributed by atoms with van der Waals surface area (Å²) in [6, 6.07) is 0.512. The highest BCUT2D eigenvalue weighted by Gasteiger charge is 2.28. The van der Waals surface area contributed by atoms with Crippen LogP contribution in [0.25, 0.3) is 0 Å². The van der Waals surface area contributed by atoms with Crippen molar-refractivity contribution in [3.8, 4) is 0 Å². The largest absolute Gasteiger partial charge is 0.381 e. The lowest BCUT2D eigenvalue weighted by molar-refractivity contribution is -0.136. The van der Waals surface area contributed by atoms with Crippen LogP contribution < -0.4 is 5.32 Å². The molecule has 2 fully saturated rings. The molecule has 0 aromatic carbocycles. The van der Waals surface area contributed by atoms with Crippen molar-refractivity contribution in [1.29, 1.82) is 0 Å². The van der Waals surface area contributed by atoms with Gasteiger partial charge in [-0.2, -0.15) is 5.10 Å². The molecule has 1 amide bonds. The molecule has 1 saturated carbocycles. The van der Waals surface area contributed by atoms with Crippen LogP contribution in [0.4, 0.5) is 0 Å². The maximum absolute atomic E-state index is 12.6. The molecule has 32 heavy (non-hydrogen) atoms. The number of aromatic amines is 1. The highest BCUT2D eigenvalue weighted by molar-refractivity contribution is 5.76. The number of amides is 1. The van der Waals surface area contributed by atoms with E-state index < -0.39 is 0 Å². The van der Waals surface area contributed by atoms with Crippen LogP contribution in [-0.2, 0) is 16.1 Å². The molecule has 0 spiro atoms. The molecule has 184 valence electrons. The SMILES string of the molecule is CC(C)CC(=O)N(CC1CCOCC1)C1CCCCC1.CNCCN(C)Cc1cn[nH]c1. The zero-order chi connectivity index (χ0) is 23.2. The summed E-state index contributed by atoms with van der Waals surface area (Å²) in [6.07, 6.45) is 13.1. The van der Waals surface area contributed by atoms with E-state index in [0.717, 1.165) is 52.2 Å². The first-order chi connectivity index (χ1) is 15.5. The van der Waals surface area contributed by atoms with E-state index in [9.17, 15) is 4.79 Å². The van der Waals surface area contributed by atoms with Crippen molar-refractivity contribution in [2.75, 3.05) is 46.9 Å². The zero-order valence-electron chi connectivity index (χ0n) is 20.9. The summed E-state index contributed by atoms with van der Waals surface area (Å²) in [5.74, 6) is 1.50. The predicted molar refractivity (Wildman–Crippen MR) is 130 cm³/mol. The average Bonchev–Trinajstić information content (AvgIpc) is 3.30. The molecular weight excluding hydrogens is 402 g/mol. The number of H-pyrrole nitrogens is 1. The molecule has 3 rings (SSSR count). The third-order valence-electron chi connectivity index (χ3n) is 6.47. The van der Waals surface area contributed by atoms with Gasteiger partial charge < -0.3 is 19.9 Å². The van der Waals surface area contributed by atoms with Crippen LogP contribution in [0.1, 0.15) is 70.8 Å².